The number of thiazole rings is 1. The zero-order valence-electron chi connectivity index (χ0n) is 27.7. The van der Waals surface area contributed by atoms with E-state index in [2.05, 4.69) is 22.8 Å². The molecule has 2 aromatic carbocycles. The van der Waals surface area contributed by atoms with Gasteiger partial charge in [0.05, 0.1) is 27.0 Å². The molecule has 11 heteroatoms. The van der Waals surface area contributed by atoms with E-state index in [9.17, 15) is 9.90 Å². The van der Waals surface area contributed by atoms with Gasteiger partial charge in [0.15, 0.2) is 11.9 Å². The number of aromatic nitrogens is 4. The lowest BCUT2D eigenvalue weighted by molar-refractivity contribution is -0.160. The number of halogens is 1. The lowest BCUT2D eigenvalue weighted by atomic mass is 9.80. The first kappa shape index (κ1) is 32.0. The molecule has 9 nitrogen and oxygen atoms in total. The number of rotatable bonds is 7. The van der Waals surface area contributed by atoms with E-state index >= 15 is 0 Å². The van der Waals surface area contributed by atoms with E-state index in [0.717, 1.165) is 92.6 Å². The van der Waals surface area contributed by atoms with Crippen LogP contribution in [0.4, 0.5) is 5.82 Å². The van der Waals surface area contributed by atoms with Crippen LogP contribution < -0.4 is 4.90 Å². The number of fused-ring (bicyclic) bond motifs is 2. The first-order valence-corrected chi connectivity index (χ1v) is 17.5. The molecule has 0 spiro atoms. The van der Waals surface area contributed by atoms with Crippen molar-refractivity contribution in [3.05, 3.63) is 58.6 Å². The minimum Gasteiger partial charge on any atom is -0.479 e. The number of hydrogen-bond donors (Lipinski definition) is 1. The number of nitrogens with zero attached hydrogens (tertiary/aromatic N) is 6. The maximum absolute atomic E-state index is 12.7. The lowest BCUT2D eigenvalue weighted by Gasteiger charge is -2.45. The molecule has 1 atom stereocenters. The topological polar surface area (TPSA) is 96.6 Å². The van der Waals surface area contributed by atoms with Crippen LogP contribution >= 0.6 is 22.9 Å². The normalized spacial score (nSPS) is 19.8. The van der Waals surface area contributed by atoms with Gasteiger partial charge in [0.2, 0.25) is 0 Å². The van der Waals surface area contributed by atoms with Crippen LogP contribution in [0.5, 0.6) is 0 Å². The van der Waals surface area contributed by atoms with Crippen LogP contribution in [-0.4, -0.2) is 73.5 Å². The van der Waals surface area contributed by atoms with Crippen molar-refractivity contribution in [2.24, 2.45) is 13.0 Å². The highest BCUT2D eigenvalue weighted by Crippen LogP contribution is 2.44. The van der Waals surface area contributed by atoms with Gasteiger partial charge in [-0.05, 0) is 87.9 Å². The molecule has 0 bridgehead atoms. The van der Waals surface area contributed by atoms with E-state index in [1.165, 1.54) is 24.2 Å². The maximum Gasteiger partial charge on any atom is 0.337 e. The summed E-state index contributed by atoms with van der Waals surface area (Å²) in [4.78, 5) is 28.0. The number of carboxylic acids is 1. The van der Waals surface area contributed by atoms with Gasteiger partial charge in [0.25, 0.3) is 0 Å². The fourth-order valence-corrected chi connectivity index (χ4v) is 8.28. The average Bonchev–Trinajstić information content (AvgIpc) is 3.58. The number of anilines is 1. The second kappa shape index (κ2) is 12.1. The van der Waals surface area contributed by atoms with Crippen molar-refractivity contribution >= 4 is 56.0 Å². The minimum atomic E-state index is -1.17. The van der Waals surface area contributed by atoms with E-state index in [4.69, 9.17) is 31.4 Å². The summed E-state index contributed by atoms with van der Waals surface area (Å²) in [7, 11) is 1.97. The molecule has 1 saturated heterocycles. The summed E-state index contributed by atoms with van der Waals surface area (Å²) in [6.07, 6.45) is 1.44. The predicted octanol–water partition coefficient (Wildman–Crippen LogP) is 7.74. The van der Waals surface area contributed by atoms with Gasteiger partial charge in [0, 0.05) is 55.4 Å². The molecule has 2 aliphatic rings. The highest BCUT2D eigenvalue weighted by Gasteiger charge is 2.34. The SMILES string of the molecule is Cc1cc2nc(-c3ccc4c(n3)c(N3CCN([C@H]5C[C@@H](C)C5)CC3)nn4C)sc2c(-c2ccc(Cl)cc2)c1[C@H](OC(C)(C)C)C(=O)O. The summed E-state index contributed by atoms with van der Waals surface area (Å²) < 4.78 is 8.97. The Kier molecular flexibility index (Phi) is 8.27. The molecule has 3 aromatic heterocycles. The number of carbonyl (C=O) groups is 1. The largest absolute Gasteiger partial charge is 0.479 e. The number of aryl methyl sites for hydroxylation is 2. The van der Waals surface area contributed by atoms with Crippen LogP contribution in [0.15, 0.2) is 42.5 Å². The third-order valence-electron chi connectivity index (χ3n) is 9.40. The molecule has 1 aliphatic carbocycles. The van der Waals surface area contributed by atoms with Gasteiger partial charge < -0.3 is 14.7 Å². The Morgan fingerprint density at radius 1 is 1.06 bits per heavy atom. The molecule has 0 amide bonds. The molecule has 2 fully saturated rings. The van der Waals surface area contributed by atoms with Crippen molar-refractivity contribution < 1.29 is 14.6 Å². The summed E-state index contributed by atoms with van der Waals surface area (Å²) in [6.45, 7) is 13.8. The van der Waals surface area contributed by atoms with Crippen LogP contribution in [0.3, 0.4) is 0 Å². The smallest absolute Gasteiger partial charge is 0.337 e. The molecule has 1 N–H and O–H groups in total. The highest BCUT2D eigenvalue weighted by atomic mass is 35.5. The van der Waals surface area contributed by atoms with Crippen LogP contribution in [0.2, 0.25) is 5.02 Å². The molecule has 246 valence electrons. The average molecular weight is 673 g/mol. The van der Waals surface area contributed by atoms with Gasteiger partial charge in [-0.1, -0.05) is 30.7 Å². The van der Waals surface area contributed by atoms with Crippen LogP contribution in [-0.2, 0) is 16.6 Å². The number of aliphatic carboxylic acids is 1. The Labute approximate surface area is 284 Å². The van der Waals surface area contributed by atoms with Gasteiger partial charge >= 0.3 is 5.97 Å². The van der Waals surface area contributed by atoms with E-state index in [1.807, 2.05) is 75.8 Å². The third-order valence-corrected chi connectivity index (χ3v) is 10.8. The molecule has 0 radical (unpaired) electrons. The van der Waals surface area contributed by atoms with Crippen molar-refractivity contribution in [3.8, 4) is 21.8 Å². The lowest BCUT2D eigenvalue weighted by Crippen LogP contribution is -2.54. The van der Waals surface area contributed by atoms with Crippen LogP contribution in [0, 0.1) is 12.8 Å². The van der Waals surface area contributed by atoms with Crippen molar-refractivity contribution in [1.82, 2.24) is 24.6 Å². The summed E-state index contributed by atoms with van der Waals surface area (Å²) >= 11 is 7.79. The van der Waals surface area contributed by atoms with E-state index in [-0.39, 0.29) is 0 Å². The fourth-order valence-electron chi connectivity index (χ4n) is 7.06. The van der Waals surface area contributed by atoms with E-state index in [0.29, 0.717) is 10.6 Å². The van der Waals surface area contributed by atoms with Crippen molar-refractivity contribution in [1.29, 1.82) is 0 Å². The predicted molar refractivity (Wildman–Crippen MR) is 189 cm³/mol. The van der Waals surface area contributed by atoms with E-state index < -0.39 is 17.7 Å². The molecular formula is C36H41ClN6O3S. The van der Waals surface area contributed by atoms with Crippen LogP contribution in [0.25, 0.3) is 43.1 Å². The van der Waals surface area contributed by atoms with E-state index in [1.54, 1.807) is 0 Å². The number of piperazine rings is 1. The maximum atomic E-state index is 12.7. The van der Waals surface area contributed by atoms with Gasteiger partial charge in [0.1, 0.15) is 10.5 Å². The Bertz CT molecular complexity index is 1970. The zero-order chi connectivity index (χ0) is 33.2. The van der Waals surface area contributed by atoms with Crippen LogP contribution in [0.1, 0.15) is 57.8 Å². The summed E-state index contributed by atoms with van der Waals surface area (Å²) in [5.41, 5.74) is 5.77. The van der Waals surface area contributed by atoms with Gasteiger partial charge in [-0.3, -0.25) is 9.58 Å². The number of pyridine rings is 1. The molecule has 5 aromatic rings. The first-order valence-electron chi connectivity index (χ1n) is 16.3. The zero-order valence-corrected chi connectivity index (χ0v) is 29.3. The van der Waals surface area contributed by atoms with Gasteiger partial charge in [-0.2, -0.15) is 5.10 Å². The molecular weight excluding hydrogens is 632 g/mol. The third kappa shape index (κ3) is 6.12. The summed E-state index contributed by atoms with van der Waals surface area (Å²) in [5, 5.41) is 16.7. The standard InChI is InChI=1S/C36H41ClN6O3S/c1-20-17-24(18-20)42-13-15-43(16-14-42)33-30-27(41(6)40-33)12-11-25(38-30)34-39-26-19-21(2)28(31(35(44)45)46-36(3,4)5)29(32(26)47-34)22-7-9-23(37)10-8-22/h7-12,19-20,24,31H,13-18H2,1-6H3,(H,44,45)/t20-,24+,31-/m0/s1. The molecule has 0 unspecified atom stereocenters. The molecule has 1 aliphatic heterocycles. The monoisotopic (exact) mass is 672 g/mol. The Morgan fingerprint density at radius 3 is 2.40 bits per heavy atom. The Morgan fingerprint density at radius 2 is 1.77 bits per heavy atom. The summed E-state index contributed by atoms with van der Waals surface area (Å²) in [6, 6.07) is 14.2. The number of benzene rings is 2. The van der Waals surface area contributed by atoms with Crippen molar-refractivity contribution in [2.75, 3.05) is 31.1 Å². The highest BCUT2D eigenvalue weighted by molar-refractivity contribution is 7.22. The van der Waals surface area contributed by atoms with Gasteiger partial charge in [-0.25, -0.2) is 14.8 Å². The molecule has 47 heavy (non-hydrogen) atoms. The number of carboxylic acid groups (broad SMARTS) is 1. The molecule has 4 heterocycles. The summed E-state index contributed by atoms with van der Waals surface area (Å²) in [5.74, 6) is 0.716. The van der Waals surface area contributed by atoms with Gasteiger partial charge in [-0.15, -0.1) is 11.3 Å². The second-order valence-electron chi connectivity index (χ2n) is 14.1. The van der Waals surface area contributed by atoms with Crippen molar-refractivity contribution in [2.45, 2.75) is 65.2 Å². The Balaban J connectivity index is 1.31. The first-order chi connectivity index (χ1) is 22.4. The Hall–Kier alpha value is -3.57. The quantitative estimate of drug-likeness (QED) is 0.188. The molecule has 7 rings (SSSR count). The number of hydrogen-bond acceptors (Lipinski definition) is 8. The number of ether oxygens (including phenoxy) is 1. The minimum absolute atomic E-state index is 0.605. The fraction of sp³-hybridized carbons (Fsp3) is 0.444. The second-order valence-corrected chi connectivity index (χ2v) is 15.5. The molecule has 1 saturated carbocycles. The van der Waals surface area contributed by atoms with Crippen molar-refractivity contribution in [3.63, 3.8) is 0 Å².